The highest BCUT2D eigenvalue weighted by Gasteiger charge is 2.18. The number of aromatic hydroxyl groups is 1. The number of rotatable bonds is 3. The lowest BCUT2D eigenvalue weighted by molar-refractivity contribution is 0.478. The fourth-order valence-corrected chi connectivity index (χ4v) is 4.39. The topological polar surface area (TPSA) is 85.2 Å². The Morgan fingerprint density at radius 3 is 2.65 bits per heavy atom. The second-order valence-electron chi connectivity index (χ2n) is 6.51. The third kappa shape index (κ3) is 2.78. The van der Waals surface area contributed by atoms with Crippen LogP contribution in [0.1, 0.15) is 12.5 Å². The maximum Gasteiger partial charge on any atom is 0.142 e. The summed E-state index contributed by atoms with van der Waals surface area (Å²) in [7, 11) is 0. The number of fused-ring (bicyclic) bond motifs is 3. The fraction of sp³-hybridized carbons (Fsp3) is 0.150. The molecule has 2 aromatic heterocycles. The van der Waals surface area contributed by atoms with Crippen molar-refractivity contribution >= 4 is 49.7 Å². The van der Waals surface area contributed by atoms with Crippen LogP contribution in [-0.4, -0.2) is 16.1 Å². The molecule has 4 aromatic rings. The van der Waals surface area contributed by atoms with Crippen LogP contribution in [0.25, 0.3) is 32.1 Å². The minimum Gasteiger partial charge on any atom is -0.507 e. The van der Waals surface area contributed by atoms with E-state index in [9.17, 15) is 5.11 Å². The van der Waals surface area contributed by atoms with Crippen molar-refractivity contribution in [2.45, 2.75) is 19.4 Å². The largest absolute Gasteiger partial charge is 0.507 e. The zero-order valence-electron chi connectivity index (χ0n) is 14.2. The van der Waals surface area contributed by atoms with Gasteiger partial charge < -0.3 is 16.6 Å². The first-order valence-electron chi connectivity index (χ1n) is 8.28. The van der Waals surface area contributed by atoms with Gasteiger partial charge in [0.15, 0.2) is 0 Å². The molecule has 0 saturated carbocycles. The van der Waals surface area contributed by atoms with Gasteiger partial charge in [0, 0.05) is 28.4 Å². The Hall–Kier alpha value is -2.34. The summed E-state index contributed by atoms with van der Waals surface area (Å²) in [5, 5.41) is 14.8. The van der Waals surface area contributed by atoms with Gasteiger partial charge in [-0.05, 0) is 35.9 Å². The molecule has 5 N–H and O–H groups in total. The minimum absolute atomic E-state index is 0.100. The van der Waals surface area contributed by atoms with E-state index in [1.807, 2.05) is 42.6 Å². The van der Waals surface area contributed by atoms with Gasteiger partial charge in [-0.25, -0.2) is 4.98 Å². The van der Waals surface area contributed by atoms with Crippen LogP contribution in [0.15, 0.2) is 41.8 Å². The van der Waals surface area contributed by atoms with E-state index < -0.39 is 0 Å². The Morgan fingerprint density at radius 2 is 1.96 bits per heavy atom. The second-order valence-corrected chi connectivity index (χ2v) is 7.84. The third-order valence-corrected chi connectivity index (χ3v) is 5.66. The highest BCUT2D eigenvalue weighted by atomic mass is 35.5. The van der Waals surface area contributed by atoms with Crippen molar-refractivity contribution < 1.29 is 5.11 Å². The number of hydrogen-bond acceptors (Lipinski definition) is 5. The van der Waals surface area contributed by atoms with Gasteiger partial charge in [0.1, 0.15) is 11.6 Å². The van der Waals surface area contributed by atoms with Crippen molar-refractivity contribution in [1.82, 2.24) is 4.98 Å². The normalized spacial score (nSPS) is 12.7. The van der Waals surface area contributed by atoms with Crippen molar-refractivity contribution in [3.05, 3.63) is 52.4 Å². The first-order chi connectivity index (χ1) is 12.5. The molecular weight excluding hydrogens is 366 g/mol. The summed E-state index contributed by atoms with van der Waals surface area (Å²) in [6.45, 7) is 1.98. The number of benzene rings is 2. The van der Waals surface area contributed by atoms with Crippen molar-refractivity contribution in [2.75, 3.05) is 5.73 Å². The average molecular weight is 384 g/mol. The quantitative estimate of drug-likeness (QED) is 0.467. The lowest BCUT2D eigenvalue weighted by atomic mass is 9.95. The highest BCUT2D eigenvalue weighted by molar-refractivity contribution is 7.18. The van der Waals surface area contributed by atoms with Gasteiger partial charge in [-0.3, -0.25) is 0 Å². The van der Waals surface area contributed by atoms with Gasteiger partial charge >= 0.3 is 0 Å². The molecule has 1 atom stereocenters. The Labute approximate surface area is 160 Å². The summed E-state index contributed by atoms with van der Waals surface area (Å²) in [4.78, 5) is 4.49. The van der Waals surface area contributed by atoms with Crippen LogP contribution in [0.2, 0.25) is 5.02 Å². The van der Waals surface area contributed by atoms with Gasteiger partial charge in [0.25, 0.3) is 0 Å². The van der Waals surface area contributed by atoms with E-state index in [4.69, 9.17) is 23.1 Å². The summed E-state index contributed by atoms with van der Waals surface area (Å²) in [5.74, 6) is 0.579. The first-order valence-corrected chi connectivity index (χ1v) is 9.54. The van der Waals surface area contributed by atoms with E-state index in [1.54, 1.807) is 0 Å². The zero-order chi connectivity index (χ0) is 18.4. The molecule has 4 nitrogen and oxygen atoms in total. The van der Waals surface area contributed by atoms with Crippen LogP contribution in [-0.2, 0) is 6.42 Å². The van der Waals surface area contributed by atoms with Gasteiger partial charge in [0.2, 0.25) is 0 Å². The number of nitrogens with zero attached hydrogens (tertiary/aromatic N) is 1. The van der Waals surface area contributed by atoms with E-state index in [1.165, 1.54) is 17.4 Å². The molecule has 132 valence electrons. The molecule has 2 aromatic carbocycles. The minimum atomic E-state index is 0.100. The molecule has 1 unspecified atom stereocenters. The van der Waals surface area contributed by atoms with Crippen LogP contribution >= 0.6 is 22.9 Å². The molecule has 0 radical (unpaired) electrons. The summed E-state index contributed by atoms with van der Waals surface area (Å²) < 4.78 is 0.897. The molecule has 0 aliphatic heterocycles. The Balaban J connectivity index is 2.02. The number of halogens is 1. The van der Waals surface area contributed by atoms with E-state index in [2.05, 4.69) is 4.98 Å². The van der Waals surface area contributed by atoms with Gasteiger partial charge in [-0.1, -0.05) is 35.9 Å². The predicted molar refractivity (Wildman–Crippen MR) is 111 cm³/mol. The zero-order valence-corrected chi connectivity index (χ0v) is 15.7. The maximum atomic E-state index is 10.7. The highest BCUT2D eigenvalue weighted by Crippen LogP contribution is 2.44. The van der Waals surface area contributed by atoms with Crippen LogP contribution in [0.4, 0.5) is 5.82 Å². The number of hydrogen-bond donors (Lipinski definition) is 3. The third-order valence-electron chi connectivity index (χ3n) is 4.43. The monoisotopic (exact) mass is 383 g/mol. The number of nitrogens with two attached hydrogens (primary N) is 2. The SMILES string of the molecule is CC(N)Cc1ccc(-c2c(O)cc(Cl)c3nc(N)c4sccc4c23)cc1. The van der Waals surface area contributed by atoms with E-state index in [-0.39, 0.29) is 11.8 Å². The van der Waals surface area contributed by atoms with Gasteiger partial charge in [-0.2, -0.15) is 0 Å². The molecule has 0 aliphatic rings. The van der Waals surface area contributed by atoms with Gasteiger partial charge in [0.05, 0.1) is 15.2 Å². The predicted octanol–water partition coefficient (Wildman–Crippen LogP) is 4.95. The standard InChI is InChI=1S/C20H18ClN3OS/c1-10(22)8-11-2-4-12(5-3-11)16-15(25)9-14(21)18-17(16)13-6-7-26-19(13)20(23)24-18/h2-7,9-10,25H,8,22H2,1H3,(H2,23,24). The smallest absolute Gasteiger partial charge is 0.142 e. The van der Waals surface area contributed by atoms with Crippen molar-refractivity contribution in [1.29, 1.82) is 0 Å². The number of aromatic nitrogens is 1. The van der Waals surface area contributed by atoms with E-state index in [0.717, 1.165) is 33.0 Å². The molecule has 0 spiro atoms. The summed E-state index contributed by atoms with van der Waals surface area (Å²) in [6, 6.07) is 11.7. The summed E-state index contributed by atoms with van der Waals surface area (Å²) >= 11 is 7.88. The maximum absolute atomic E-state index is 10.7. The lowest BCUT2D eigenvalue weighted by Gasteiger charge is -2.13. The van der Waals surface area contributed by atoms with Crippen molar-refractivity contribution in [3.8, 4) is 16.9 Å². The molecule has 4 rings (SSSR count). The summed E-state index contributed by atoms with van der Waals surface area (Å²) in [5.41, 5.74) is 15.3. The molecule has 0 amide bonds. The Kier molecular flexibility index (Phi) is 4.23. The number of thiophene rings is 1. The Morgan fingerprint density at radius 1 is 1.23 bits per heavy atom. The molecule has 0 bridgehead atoms. The van der Waals surface area contributed by atoms with Crippen LogP contribution in [0, 0.1) is 0 Å². The molecular formula is C20H18ClN3OS. The average Bonchev–Trinajstić information content (AvgIpc) is 3.07. The molecule has 0 fully saturated rings. The molecule has 26 heavy (non-hydrogen) atoms. The number of anilines is 1. The molecule has 0 aliphatic carbocycles. The molecule has 2 heterocycles. The fourth-order valence-electron chi connectivity index (χ4n) is 3.35. The van der Waals surface area contributed by atoms with Gasteiger partial charge in [-0.15, -0.1) is 11.3 Å². The van der Waals surface area contributed by atoms with E-state index >= 15 is 0 Å². The lowest BCUT2D eigenvalue weighted by Crippen LogP contribution is -2.17. The second kappa shape index (κ2) is 6.43. The van der Waals surface area contributed by atoms with Crippen LogP contribution in [0.3, 0.4) is 0 Å². The van der Waals surface area contributed by atoms with Crippen molar-refractivity contribution in [3.63, 3.8) is 0 Å². The molecule has 0 saturated heterocycles. The number of nitrogen functional groups attached to an aromatic ring is 1. The van der Waals surface area contributed by atoms with E-state index in [0.29, 0.717) is 21.9 Å². The summed E-state index contributed by atoms with van der Waals surface area (Å²) in [6.07, 6.45) is 0.806. The molecule has 6 heteroatoms. The van der Waals surface area contributed by atoms with Crippen LogP contribution in [0.5, 0.6) is 5.75 Å². The number of pyridine rings is 1. The number of phenolic OH excluding ortho intramolecular Hbond substituents is 1. The number of phenols is 1. The Bertz CT molecular complexity index is 1120. The van der Waals surface area contributed by atoms with Crippen LogP contribution < -0.4 is 11.5 Å². The first kappa shape index (κ1) is 17.1. The van der Waals surface area contributed by atoms with Crippen molar-refractivity contribution in [2.24, 2.45) is 5.73 Å².